The Morgan fingerprint density at radius 1 is 1.42 bits per heavy atom. The molecule has 0 heterocycles. The van der Waals surface area contributed by atoms with E-state index in [-0.39, 0.29) is 0 Å². The van der Waals surface area contributed by atoms with Crippen LogP contribution in [0.2, 0.25) is 5.02 Å². The molecule has 19 heavy (non-hydrogen) atoms. The first kappa shape index (κ1) is 14.6. The summed E-state index contributed by atoms with van der Waals surface area (Å²) in [6.45, 7) is 5.02. The van der Waals surface area contributed by atoms with E-state index in [2.05, 4.69) is 11.4 Å². The molecule has 4 heteroatoms. The van der Waals surface area contributed by atoms with Gasteiger partial charge in [0.1, 0.15) is 0 Å². The summed E-state index contributed by atoms with van der Waals surface area (Å²) in [7, 11) is 1.95. The van der Waals surface area contributed by atoms with Crippen LogP contribution in [0.5, 0.6) is 0 Å². The number of likely N-dealkylation sites (N-methyl/N-ethyl adjacent to an activating group) is 1. The first-order valence-corrected chi connectivity index (χ1v) is 7.18. The number of aliphatic hydroxyl groups is 1. The van der Waals surface area contributed by atoms with Crippen LogP contribution in [0, 0.1) is 0 Å². The normalized spacial score (nSPS) is 15.6. The molecule has 0 radical (unpaired) electrons. The van der Waals surface area contributed by atoms with E-state index >= 15 is 0 Å². The first-order valence-electron chi connectivity index (χ1n) is 6.80. The van der Waals surface area contributed by atoms with Crippen molar-refractivity contribution in [2.45, 2.75) is 44.9 Å². The van der Waals surface area contributed by atoms with E-state index in [4.69, 9.17) is 11.6 Å². The van der Waals surface area contributed by atoms with Crippen LogP contribution in [0.15, 0.2) is 18.2 Å². The van der Waals surface area contributed by atoms with E-state index in [1.165, 1.54) is 18.4 Å². The topological polar surface area (TPSA) is 35.5 Å². The highest BCUT2D eigenvalue weighted by Gasteiger charge is 2.20. The van der Waals surface area contributed by atoms with E-state index in [1.807, 2.05) is 24.1 Å². The molecule has 0 spiro atoms. The zero-order valence-electron chi connectivity index (χ0n) is 11.9. The first-order chi connectivity index (χ1) is 8.85. The van der Waals surface area contributed by atoms with Crippen molar-refractivity contribution in [1.82, 2.24) is 5.32 Å². The average Bonchev–Trinajstić information content (AvgIpc) is 3.07. The summed E-state index contributed by atoms with van der Waals surface area (Å²) in [5.41, 5.74) is 1.43. The fourth-order valence-corrected chi connectivity index (χ4v) is 2.53. The lowest BCUT2D eigenvalue weighted by Crippen LogP contribution is -2.36. The molecule has 1 aliphatic carbocycles. The van der Waals surface area contributed by atoms with Crippen LogP contribution in [-0.2, 0) is 6.54 Å². The van der Waals surface area contributed by atoms with E-state index in [1.54, 1.807) is 13.8 Å². The summed E-state index contributed by atoms with van der Waals surface area (Å²) >= 11 is 6.33. The Morgan fingerprint density at radius 3 is 2.63 bits per heavy atom. The fraction of sp³-hybridized carbons (Fsp3) is 0.600. The lowest BCUT2D eigenvalue weighted by atomic mass is 10.1. The summed E-state index contributed by atoms with van der Waals surface area (Å²) < 4.78 is 0. The molecule has 106 valence electrons. The Morgan fingerprint density at radius 2 is 2.11 bits per heavy atom. The molecule has 1 aromatic carbocycles. The van der Waals surface area contributed by atoms with Gasteiger partial charge in [0.05, 0.1) is 16.3 Å². The number of nitrogens with zero attached hydrogens (tertiary/aromatic N) is 1. The summed E-state index contributed by atoms with van der Waals surface area (Å²) in [6.07, 6.45) is 2.58. The zero-order chi connectivity index (χ0) is 14.0. The molecule has 3 nitrogen and oxygen atoms in total. The quantitative estimate of drug-likeness (QED) is 0.842. The Kier molecular flexibility index (Phi) is 4.39. The van der Waals surface area contributed by atoms with Crippen molar-refractivity contribution in [1.29, 1.82) is 0 Å². The van der Waals surface area contributed by atoms with Crippen molar-refractivity contribution < 1.29 is 5.11 Å². The van der Waals surface area contributed by atoms with Crippen LogP contribution in [0.4, 0.5) is 5.69 Å². The minimum Gasteiger partial charge on any atom is -0.389 e. The highest BCUT2D eigenvalue weighted by Crippen LogP contribution is 2.27. The molecule has 0 amide bonds. The van der Waals surface area contributed by atoms with Crippen LogP contribution >= 0.6 is 11.6 Å². The molecule has 0 aromatic heterocycles. The van der Waals surface area contributed by atoms with E-state index in [0.717, 1.165) is 17.3 Å². The van der Waals surface area contributed by atoms with Gasteiger partial charge in [0, 0.05) is 26.2 Å². The largest absolute Gasteiger partial charge is 0.389 e. The standard InChI is InChI=1S/C15H23ClN2O/c1-15(2,19)10-18(3)14-7-4-11(8-13(14)16)9-17-12-5-6-12/h4,7-8,12,17,19H,5-6,9-10H2,1-3H3. The monoisotopic (exact) mass is 282 g/mol. The Balaban J connectivity index is 2.00. The number of benzene rings is 1. The molecular formula is C15H23ClN2O. The number of halogens is 1. The number of rotatable bonds is 6. The molecule has 1 aliphatic rings. The summed E-state index contributed by atoms with van der Waals surface area (Å²) in [6, 6.07) is 6.83. The lowest BCUT2D eigenvalue weighted by molar-refractivity contribution is 0.0886. The predicted molar refractivity (Wildman–Crippen MR) is 80.9 cm³/mol. The second kappa shape index (κ2) is 5.70. The molecule has 1 saturated carbocycles. The second-order valence-corrected chi connectivity index (χ2v) is 6.52. The van der Waals surface area contributed by atoms with Crippen molar-refractivity contribution in [3.63, 3.8) is 0 Å². The highest BCUT2D eigenvalue weighted by atomic mass is 35.5. The Bertz CT molecular complexity index is 438. The summed E-state index contributed by atoms with van der Waals surface area (Å²) in [5, 5.41) is 14.1. The van der Waals surface area contributed by atoms with Gasteiger partial charge in [0.25, 0.3) is 0 Å². The molecule has 2 N–H and O–H groups in total. The van der Waals surface area contributed by atoms with E-state index in [9.17, 15) is 5.11 Å². The van der Waals surface area contributed by atoms with Gasteiger partial charge >= 0.3 is 0 Å². The average molecular weight is 283 g/mol. The van der Waals surface area contributed by atoms with Gasteiger partial charge in [-0.05, 0) is 44.4 Å². The van der Waals surface area contributed by atoms with Crippen molar-refractivity contribution in [2.75, 3.05) is 18.5 Å². The molecule has 2 rings (SSSR count). The number of anilines is 1. The van der Waals surface area contributed by atoms with Crippen molar-refractivity contribution in [3.8, 4) is 0 Å². The SMILES string of the molecule is CN(CC(C)(C)O)c1ccc(CNC2CC2)cc1Cl. The third-order valence-electron chi connectivity index (χ3n) is 3.22. The van der Waals surface area contributed by atoms with Gasteiger partial charge in [0.15, 0.2) is 0 Å². The lowest BCUT2D eigenvalue weighted by Gasteiger charge is -2.28. The maximum Gasteiger partial charge on any atom is 0.0765 e. The molecule has 0 unspecified atom stereocenters. The van der Waals surface area contributed by atoms with Gasteiger partial charge < -0.3 is 15.3 Å². The van der Waals surface area contributed by atoms with Crippen molar-refractivity contribution >= 4 is 17.3 Å². The molecule has 0 atom stereocenters. The van der Waals surface area contributed by atoms with E-state index < -0.39 is 5.60 Å². The van der Waals surface area contributed by atoms with Crippen LogP contribution in [0.25, 0.3) is 0 Å². The van der Waals surface area contributed by atoms with Crippen LogP contribution < -0.4 is 10.2 Å². The maximum atomic E-state index is 9.85. The molecular weight excluding hydrogens is 260 g/mol. The highest BCUT2D eigenvalue weighted by molar-refractivity contribution is 6.33. The molecule has 1 fully saturated rings. The summed E-state index contributed by atoms with van der Waals surface area (Å²) in [5.74, 6) is 0. The predicted octanol–water partition coefficient (Wildman–Crippen LogP) is 2.80. The maximum absolute atomic E-state index is 9.85. The van der Waals surface area contributed by atoms with Gasteiger partial charge in [-0.15, -0.1) is 0 Å². The minimum atomic E-state index is -0.732. The molecule has 0 saturated heterocycles. The van der Waals surface area contributed by atoms with Crippen LogP contribution in [-0.4, -0.2) is 30.3 Å². The van der Waals surface area contributed by atoms with Gasteiger partial charge in [-0.1, -0.05) is 17.7 Å². The van der Waals surface area contributed by atoms with Crippen molar-refractivity contribution in [3.05, 3.63) is 28.8 Å². The van der Waals surface area contributed by atoms with Gasteiger partial charge in [-0.2, -0.15) is 0 Å². The molecule has 1 aromatic rings. The van der Waals surface area contributed by atoms with Gasteiger partial charge in [-0.3, -0.25) is 0 Å². The fourth-order valence-electron chi connectivity index (χ4n) is 2.19. The third kappa shape index (κ3) is 4.68. The number of hydrogen-bond acceptors (Lipinski definition) is 3. The minimum absolute atomic E-state index is 0.548. The molecule has 0 aliphatic heterocycles. The number of nitrogens with one attached hydrogen (secondary N) is 1. The third-order valence-corrected chi connectivity index (χ3v) is 3.52. The van der Waals surface area contributed by atoms with Gasteiger partial charge in [0.2, 0.25) is 0 Å². The molecule has 0 bridgehead atoms. The smallest absolute Gasteiger partial charge is 0.0765 e. The summed E-state index contributed by atoms with van der Waals surface area (Å²) in [4.78, 5) is 1.99. The van der Waals surface area contributed by atoms with E-state index in [0.29, 0.717) is 12.6 Å². The van der Waals surface area contributed by atoms with Crippen LogP contribution in [0.1, 0.15) is 32.3 Å². The second-order valence-electron chi connectivity index (χ2n) is 6.11. The van der Waals surface area contributed by atoms with Crippen molar-refractivity contribution in [2.24, 2.45) is 0 Å². The van der Waals surface area contributed by atoms with Crippen LogP contribution in [0.3, 0.4) is 0 Å². The zero-order valence-corrected chi connectivity index (χ0v) is 12.7. The van der Waals surface area contributed by atoms with Gasteiger partial charge in [-0.25, -0.2) is 0 Å². The Hall–Kier alpha value is -0.770. The number of hydrogen-bond donors (Lipinski definition) is 2. The Labute approximate surface area is 120 Å².